The number of rotatable bonds is 5. The highest BCUT2D eigenvalue weighted by Crippen LogP contribution is 2.68. The van der Waals surface area contributed by atoms with Gasteiger partial charge < -0.3 is 10.2 Å². The Kier molecular flexibility index (Phi) is 5.69. The number of carbonyl (C=O) groups is 1. The monoisotopic (exact) mass is 444 g/mol. The summed E-state index contributed by atoms with van der Waals surface area (Å²) in [4.78, 5) is 12.2. The predicted octanol–water partition coefficient (Wildman–Crippen LogP) is 6.01. The maximum Gasteiger partial charge on any atom is 0.133 e. The first-order chi connectivity index (χ1) is 15.0. The third-order valence-electron chi connectivity index (χ3n) is 12.3. The molecule has 0 bridgehead atoms. The molecule has 0 heterocycles. The van der Waals surface area contributed by atoms with Crippen molar-refractivity contribution in [2.45, 2.75) is 117 Å². The fourth-order valence-electron chi connectivity index (χ4n) is 10.1. The number of aliphatic hydroxyl groups is 2. The molecule has 3 nitrogen and oxygen atoms in total. The Labute approximate surface area is 196 Å². The number of fused-ring (bicyclic) bond motifs is 5. The highest BCUT2D eigenvalue weighted by molar-refractivity contribution is 5.79. The van der Waals surface area contributed by atoms with Crippen molar-refractivity contribution in [1.29, 1.82) is 0 Å². The van der Waals surface area contributed by atoms with Crippen LogP contribution in [-0.4, -0.2) is 27.7 Å². The van der Waals surface area contributed by atoms with Crippen molar-refractivity contribution in [2.24, 2.45) is 58.2 Å². The highest BCUT2D eigenvalue weighted by Gasteiger charge is 2.65. The van der Waals surface area contributed by atoms with Crippen LogP contribution in [0.5, 0.6) is 0 Å². The molecule has 0 aromatic carbocycles. The van der Waals surface area contributed by atoms with Gasteiger partial charge in [-0.2, -0.15) is 0 Å². The fourth-order valence-corrected chi connectivity index (χ4v) is 10.1. The zero-order chi connectivity index (χ0) is 23.1. The molecule has 3 heteroatoms. The molecule has 5 fully saturated rings. The summed E-state index contributed by atoms with van der Waals surface area (Å²) >= 11 is 0. The molecule has 5 saturated carbocycles. The van der Waals surface area contributed by atoms with Gasteiger partial charge in [-0.25, -0.2) is 0 Å². The molecular formula is C29H48O3. The summed E-state index contributed by atoms with van der Waals surface area (Å²) in [5, 5.41) is 23.5. The summed E-state index contributed by atoms with van der Waals surface area (Å²) in [6.45, 7) is 11.6. The van der Waals surface area contributed by atoms with E-state index in [1.54, 1.807) is 0 Å². The topological polar surface area (TPSA) is 57.5 Å². The number of hydrogen-bond acceptors (Lipinski definition) is 3. The van der Waals surface area contributed by atoms with E-state index in [2.05, 4.69) is 34.6 Å². The van der Waals surface area contributed by atoms with Crippen molar-refractivity contribution in [1.82, 2.24) is 0 Å². The molecule has 0 saturated heterocycles. The minimum absolute atomic E-state index is 0.172. The lowest BCUT2D eigenvalue weighted by molar-refractivity contribution is -0.187. The Bertz CT molecular complexity index is 745. The minimum Gasteiger partial charge on any atom is -0.393 e. The Hall–Kier alpha value is -0.410. The molecule has 2 N–H and O–H groups in total. The summed E-state index contributed by atoms with van der Waals surface area (Å²) in [7, 11) is 0. The third kappa shape index (κ3) is 3.46. The molecule has 0 amide bonds. The van der Waals surface area contributed by atoms with E-state index in [0.29, 0.717) is 35.4 Å². The predicted molar refractivity (Wildman–Crippen MR) is 128 cm³/mol. The summed E-state index contributed by atoms with van der Waals surface area (Å²) in [5.74, 6) is 5.32. The van der Waals surface area contributed by atoms with Gasteiger partial charge in [-0.1, -0.05) is 27.7 Å². The normalized spacial score (nSPS) is 53.0. The van der Waals surface area contributed by atoms with Crippen LogP contribution in [0, 0.1) is 58.2 Å². The van der Waals surface area contributed by atoms with Gasteiger partial charge in [0.05, 0.1) is 11.7 Å². The van der Waals surface area contributed by atoms with Crippen LogP contribution in [0.4, 0.5) is 0 Å². The van der Waals surface area contributed by atoms with Gasteiger partial charge in [-0.05, 0) is 117 Å². The smallest absolute Gasteiger partial charge is 0.133 e. The van der Waals surface area contributed by atoms with Crippen molar-refractivity contribution in [3.8, 4) is 0 Å². The van der Waals surface area contributed by atoms with Gasteiger partial charge in [0.15, 0.2) is 0 Å². The van der Waals surface area contributed by atoms with Crippen LogP contribution in [0.2, 0.25) is 0 Å². The van der Waals surface area contributed by atoms with Gasteiger partial charge in [0.2, 0.25) is 0 Å². The largest absolute Gasteiger partial charge is 0.393 e. The molecular weight excluding hydrogens is 396 g/mol. The molecule has 5 aliphatic carbocycles. The molecule has 32 heavy (non-hydrogen) atoms. The number of Topliss-reactive ketones (excluding diaryl/α,β-unsaturated/α-hetero) is 1. The number of hydrogen-bond donors (Lipinski definition) is 2. The Morgan fingerprint density at radius 2 is 1.84 bits per heavy atom. The quantitative estimate of drug-likeness (QED) is 0.546. The summed E-state index contributed by atoms with van der Waals surface area (Å²) in [6, 6.07) is 0. The van der Waals surface area contributed by atoms with Crippen LogP contribution in [0.25, 0.3) is 0 Å². The molecule has 0 radical (unpaired) electrons. The van der Waals surface area contributed by atoms with E-state index < -0.39 is 5.60 Å². The van der Waals surface area contributed by atoms with E-state index in [1.165, 1.54) is 19.3 Å². The van der Waals surface area contributed by atoms with Gasteiger partial charge in [0, 0.05) is 18.3 Å². The average Bonchev–Trinajstić information content (AvgIpc) is 3.34. The second kappa shape index (κ2) is 7.80. The SMILES string of the molecule is C[C@H](CC[C@](C)(O)[C@H]1CC[C@H]2[C@@H]3CC[C@@H]4CC(=O)CC[C@]4(C)[C@@H]3C[C@@H](O)[C@@]21C)[C@@H]1C[C@H]1C. The summed E-state index contributed by atoms with van der Waals surface area (Å²) < 4.78 is 0. The van der Waals surface area contributed by atoms with Crippen LogP contribution in [0.15, 0.2) is 0 Å². The summed E-state index contributed by atoms with van der Waals surface area (Å²) in [6.07, 6.45) is 11.0. The minimum atomic E-state index is -0.692. The fraction of sp³-hybridized carbons (Fsp3) is 0.966. The maximum absolute atomic E-state index is 12.2. The number of carbonyl (C=O) groups excluding carboxylic acids is 1. The molecule has 0 aromatic rings. The van der Waals surface area contributed by atoms with Crippen LogP contribution in [0.1, 0.15) is 105 Å². The molecule has 0 unspecified atom stereocenters. The van der Waals surface area contributed by atoms with Gasteiger partial charge in [-0.15, -0.1) is 0 Å². The van der Waals surface area contributed by atoms with Crippen LogP contribution in [0.3, 0.4) is 0 Å². The second-order valence-electron chi connectivity index (χ2n) is 13.9. The van der Waals surface area contributed by atoms with Crippen LogP contribution < -0.4 is 0 Å². The molecule has 0 aliphatic heterocycles. The van der Waals surface area contributed by atoms with Crippen molar-refractivity contribution < 1.29 is 15.0 Å². The Balaban J connectivity index is 1.34. The zero-order valence-corrected chi connectivity index (χ0v) is 21.3. The molecule has 182 valence electrons. The van der Waals surface area contributed by atoms with Gasteiger partial charge in [0.25, 0.3) is 0 Å². The van der Waals surface area contributed by atoms with Crippen molar-refractivity contribution in [3.63, 3.8) is 0 Å². The first-order valence-electron chi connectivity index (χ1n) is 13.9. The standard InChI is InChI=1S/C29H48O3/c1-17(22-14-18(22)2)10-13-28(4,32)25-9-8-23-21-7-6-19-15-20(30)11-12-27(19,3)24(21)16-26(31)29(23,25)5/h17-19,21-26,31-32H,6-16H2,1-5H3/t17-,18-,19-,21+,22+,23+,24-,25-,26-,27+,28+,29+/m1/s1. The van der Waals surface area contributed by atoms with E-state index in [-0.39, 0.29) is 22.9 Å². The van der Waals surface area contributed by atoms with E-state index in [4.69, 9.17) is 0 Å². The summed E-state index contributed by atoms with van der Waals surface area (Å²) in [5.41, 5.74) is -0.646. The van der Waals surface area contributed by atoms with Crippen molar-refractivity contribution in [3.05, 3.63) is 0 Å². The van der Waals surface area contributed by atoms with Crippen molar-refractivity contribution in [2.75, 3.05) is 0 Å². The van der Waals surface area contributed by atoms with Gasteiger partial charge >= 0.3 is 0 Å². The first kappa shape index (κ1) is 23.3. The lowest BCUT2D eigenvalue weighted by Gasteiger charge is -2.62. The van der Waals surface area contributed by atoms with Crippen molar-refractivity contribution >= 4 is 5.78 Å². The van der Waals surface area contributed by atoms with E-state index in [1.807, 2.05) is 0 Å². The van der Waals surface area contributed by atoms with E-state index in [9.17, 15) is 15.0 Å². The zero-order valence-electron chi connectivity index (χ0n) is 21.3. The molecule has 0 aromatic heterocycles. The van der Waals surface area contributed by atoms with Gasteiger partial charge in [0.1, 0.15) is 5.78 Å². The Morgan fingerprint density at radius 1 is 1.12 bits per heavy atom. The first-order valence-corrected chi connectivity index (χ1v) is 13.9. The molecule has 5 rings (SSSR count). The molecule has 0 spiro atoms. The number of ketones is 1. The van der Waals surface area contributed by atoms with Crippen LogP contribution in [-0.2, 0) is 4.79 Å². The molecule has 12 atom stereocenters. The number of aliphatic hydroxyl groups excluding tert-OH is 1. The van der Waals surface area contributed by atoms with E-state index in [0.717, 1.165) is 63.2 Å². The lowest BCUT2D eigenvalue weighted by Crippen LogP contribution is -2.60. The van der Waals surface area contributed by atoms with E-state index >= 15 is 0 Å². The maximum atomic E-state index is 12.2. The lowest BCUT2D eigenvalue weighted by atomic mass is 9.43. The Morgan fingerprint density at radius 3 is 2.53 bits per heavy atom. The molecule has 5 aliphatic rings. The van der Waals surface area contributed by atoms with Gasteiger partial charge in [-0.3, -0.25) is 4.79 Å². The average molecular weight is 445 g/mol. The highest BCUT2D eigenvalue weighted by atomic mass is 16.3. The second-order valence-corrected chi connectivity index (χ2v) is 13.9. The third-order valence-corrected chi connectivity index (χ3v) is 12.3. The van der Waals surface area contributed by atoms with Crippen LogP contribution >= 0.6 is 0 Å².